The smallest absolute Gasteiger partial charge is 0.192 e. The van der Waals surface area contributed by atoms with Crippen molar-refractivity contribution in [3.8, 4) is 0 Å². The van der Waals surface area contributed by atoms with E-state index in [0.717, 1.165) is 11.9 Å². The third kappa shape index (κ3) is 2.22. The molecule has 1 heterocycles. The van der Waals surface area contributed by atoms with Gasteiger partial charge in [0, 0.05) is 24.9 Å². The number of hydrogen-bond donors (Lipinski definition) is 1. The summed E-state index contributed by atoms with van der Waals surface area (Å²) >= 11 is 0. The van der Waals surface area contributed by atoms with Crippen molar-refractivity contribution in [3.05, 3.63) is 29.7 Å². The fourth-order valence-corrected chi connectivity index (χ4v) is 1.89. The van der Waals surface area contributed by atoms with E-state index in [-0.39, 0.29) is 11.7 Å². The number of nitrogens with two attached hydrogens (primary N) is 1. The van der Waals surface area contributed by atoms with Gasteiger partial charge in [0.2, 0.25) is 0 Å². The van der Waals surface area contributed by atoms with Gasteiger partial charge < -0.3 is 10.2 Å². The van der Waals surface area contributed by atoms with Gasteiger partial charge in [0.15, 0.2) is 17.3 Å². The van der Waals surface area contributed by atoms with Crippen LogP contribution in [0.2, 0.25) is 0 Å². The van der Waals surface area contributed by atoms with E-state index in [1.165, 1.54) is 0 Å². The Morgan fingerprint density at radius 2 is 2.29 bits per heavy atom. The number of ketones is 1. The SMILES string of the molecule is CCC(CN)C(=O)c1ccc2nc(C)oc2c1. The highest BCUT2D eigenvalue weighted by Crippen LogP contribution is 2.19. The summed E-state index contributed by atoms with van der Waals surface area (Å²) in [6.07, 6.45) is 0.753. The third-order valence-corrected chi connectivity index (χ3v) is 2.93. The molecular formula is C13H16N2O2. The first-order chi connectivity index (χ1) is 8.15. The number of aromatic nitrogens is 1. The lowest BCUT2D eigenvalue weighted by Crippen LogP contribution is -2.22. The summed E-state index contributed by atoms with van der Waals surface area (Å²) in [6.45, 7) is 4.13. The highest BCUT2D eigenvalue weighted by Gasteiger charge is 2.17. The summed E-state index contributed by atoms with van der Waals surface area (Å²) in [4.78, 5) is 16.3. The molecule has 0 spiro atoms. The number of oxazole rings is 1. The summed E-state index contributed by atoms with van der Waals surface area (Å²) in [5.74, 6) is 0.567. The monoisotopic (exact) mass is 232 g/mol. The number of aryl methyl sites for hydroxylation is 1. The summed E-state index contributed by atoms with van der Waals surface area (Å²) in [6, 6.07) is 5.34. The van der Waals surface area contributed by atoms with Crippen LogP contribution in [0.25, 0.3) is 11.1 Å². The van der Waals surface area contributed by atoms with Gasteiger partial charge in [-0.05, 0) is 24.6 Å². The molecule has 17 heavy (non-hydrogen) atoms. The Balaban J connectivity index is 2.38. The number of benzene rings is 1. The molecule has 2 rings (SSSR count). The molecule has 2 aromatic rings. The number of rotatable bonds is 4. The Bertz CT molecular complexity index is 541. The summed E-state index contributed by atoms with van der Waals surface area (Å²) in [7, 11) is 0. The van der Waals surface area contributed by atoms with Gasteiger partial charge in [-0.2, -0.15) is 0 Å². The first-order valence-corrected chi connectivity index (χ1v) is 5.77. The molecule has 0 fully saturated rings. The van der Waals surface area contributed by atoms with Crippen LogP contribution in [-0.2, 0) is 0 Å². The van der Waals surface area contributed by atoms with Gasteiger partial charge in [0.05, 0.1) is 0 Å². The molecule has 1 aromatic heterocycles. The van der Waals surface area contributed by atoms with Gasteiger partial charge in [-0.1, -0.05) is 6.92 Å². The fraction of sp³-hybridized carbons (Fsp3) is 0.385. The fourth-order valence-electron chi connectivity index (χ4n) is 1.89. The number of carbonyl (C=O) groups excluding carboxylic acids is 1. The average Bonchev–Trinajstić information content (AvgIpc) is 2.69. The normalized spacial score (nSPS) is 12.9. The zero-order valence-corrected chi connectivity index (χ0v) is 10.1. The van der Waals surface area contributed by atoms with Crippen molar-refractivity contribution >= 4 is 16.9 Å². The number of fused-ring (bicyclic) bond motifs is 1. The molecular weight excluding hydrogens is 216 g/mol. The maximum Gasteiger partial charge on any atom is 0.192 e. The van der Waals surface area contributed by atoms with Gasteiger partial charge in [-0.25, -0.2) is 4.98 Å². The molecule has 1 aromatic carbocycles. The minimum absolute atomic E-state index is 0.0750. The number of nitrogens with zero attached hydrogens (tertiary/aromatic N) is 1. The van der Waals surface area contributed by atoms with Crippen LogP contribution in [0.3, 0.4) is 0 Å². The maximum absolute atomic E-state index is 12.1. The van der Waals surface area contributed by atoms with Crippen LogP contribution in [0.15, 0.2) is 22.6 Å². The van der Waals surface area contributed by atoms with Crippen LogP contribution in [0.4, 0.5) is 0 Å². The van der Waals surface area contributed by atoms with E-state index in [0.29, 0.717) is 23.6 Å². The highest BCUT2D eigenvalue weighted by molar-refractivity contribution is 6.00. The zero-order valence-electron chi connectivity index (χ0n) is 10.1. The molecule has 90 valence electrons. The Morgan fingerprint density at radius 3 is 2.94 bits per heavy atom. The Hall–Kier alpha value is -1.68. The van der Waals surface area contributed by atoms with Crippen LogP contribution in [-0.4, -0.2) is 17.3 Å². The molecule has 0 saturated carbocycles. The second-order valence-corrected chi connectivity index (χ2v) is 4.12. The lowest BCUT2D eigenvalue weighted by molar-refractivity contribution is 0.0921. The molecule has 1 unspecified atom stereocenters. The van der Waals surface area contributed by atoms with Crippen molar-refractivity contribution in [1.29, 1.82) is 0 Å². The zero-order chi connectivity index (χ0) is 12.4. The van der Waals surface area contributed by atoms with Gasteiger partial charge >= 0.3 is 0 Å². The second-order valence-electron chi connectivity index (χ2n) is 4.12. The summed E-state index contributed by atoms with van der Waals surface area (Å²) < 4.78 is 5.41. The Morgan fingerprint density at radius 1 is 1.53 bits per heavy atom. The largest absolute Gasteiger partial charge is 0.441 e. The van der Waals surface area contributed by atoms with E-state index >= 15 is 0 Å². The molecule has 1 atom stereocenters. The number of hydrogen-bond acceptors (Lipinski definition) is 4. The first kappa shape index (κ1) is 11.8. The first-order valence-electron chi connectivity index (χ1n) is 5.77. The van der Waals surface area contributed by atoms with Crippen LogP contribution in [0.5, 0.6) is 0 Å². The Labute approximate surface area is 99.8 Å². The molecule has 0 aliphatic rings. The van der Waals surface area contributed by atoms with Crippen molar-refractivity contribution in [1.82, 2.24) is 4.98 Å². The minimum Gasteiger partial charge on any atom is -0.441 e. The highest BCUT2D eigenvalue weighted by atomic mass is 16.3. The number of carbonyl (C=O) groups is 1. The van der Waals surface area contributed by atoms with E-state index in [1.54, 1.807) is 19.1 Å². The maximum atomic E-state index is 12.1. The van der Waals surface area contributed by atoms with Crippen LogP contribution in [0.1, 0.15) is 29.6 Å². The van der Waals surface area contributed by atoms with Crippen molar-refractivity contribution in [2.45, 2.75) is 20.3 Å². The van der Waals surface area contributed by atoms with Crippen molar-refractivity contribution in [2.24, 2.45) is 11.7 Å². The van der Waals surface area contributed by atoms with E-state index < -0.39 is 0 Å². The standard InChI is InChI=1S/C13H16N2O2/c1-3-9(7-14)13(16)10-4-5-11-12(6-10)17-8(2)15-11/h4-6,9H,3,7,14H2,1-2H3. The molecule has 4 nitrogen and oxygen atoms in total. The van der Waals surface area contributed by atoms with E-state index in [4.69, 9.17) is 10.2 Å². The summed E-state index contributed by atoms with van der Waals surface area (Å²) in [5.41, 5.74) is 7.66. The van der Waals surface area contributed by atoms with Gasteiger partial charge in [-0.15, -0.1) is 0 Å². The molecule has 0 saturated heterocycles. The van der Waals surface area contributed by atoms with Crippen molar-refractivity contribution < 1.29 is 9.21 Å². The molecule has 0 radical (unpaired) electrons. The van der Waals surface area contributed by atoms with E-state index in [2.05, 4.69) is 4.98 Å². The van der Waals surface area contributed by atoms with E-state index in [1.807, 2.05) is 13.0 Å². The minimum atomic E-state index is -0.114. The van der Waals surface area contributed by atoms with Crippen LogP contribution >= 0.6 is 0 Å². The molecule has 0 bridgehead atoms. The van der Waals surface area contributed by atoms with Crippen LogP contribution in [0, 0.1) is 12.8 Å². The second kappa shape index (κ2) is 4.67. The molecule has 0 aliphatic heterocycles. The van der Waals surface area contributed by atoms with Gasteiger partial charge in [0.25, 0.3) is 0 Å². The lowest BCUT2D eigenvalue weighted by Gasteiger charge is -2.10. The summed E-state index contributed by atoms with van der Waals surface area (Å²) in [5, 5.41) is 0. The average molecular weight is 232 g/mol. The molecule has 0 aliphatic carbocycles. The molecule has 0 amide bonds. The third-order valence-electron chi connectivity index (χ3n) is 2.93. The predicted molar refractivity (Wildman–Crippen MR) is 65.9 cm³/mol. The lowest BCUT2D eigenvalue weighted by atomic mass is 9.95. The van der Waals surface area contributed by atoms with Crippen molar-refractivity contribution in [2.75, 3.05) is 6.54 Å². The number of Topliss-reactive ketones (excluding diaryl/α,β-unsaturated/α-hetero) is 1. The molecule has 4 heteroatoms. The van der Waals surface area contributed by atoms with Gasteiger partial charge in [-0.3, -0.25) is 4.79 Å². The topological polar surface area (TPSA) is 69.1 Å². The van der Waals surface area contributed by atoms with Crippen molar-refractivity contribution in [3.63, 3.8) is 0 Å². The Kier molecular flexibility index (Phi) is 3.24. The quantitative estimate of drug-likeness (QED) is 0.821. The van der Waals surface area contributed by atoms with E-state index in [9.17, 15) is 4.79 Å². The predicted octanol–water partition coefficient (Wildman–Crippen LogP) is 2.30. The van der Waals surface area contributed by atoms with Crippen LogP contribution < -0.4 is 5.73 Å². The van der Waals surface area contributed by atoms with Gasteiger partial charge in [0.1, 0.15) is 5.52 Å². The molecule has 2 N–H and O–H groups in total.